The Morgan fingerprint density at radius 1 is 1.25 bits per heavy atom. The number of fused-ring (bicyclic) bond motifs is 1. The minimum Gasteiger partial charge on any atom is -0.507 e. The fourth-order valence-corrected chi connectivity index (χ4v) is 4.05. The Hall–Kier alpha value is -3.33. The van der Waals surface area contributed by atoms with Crippen molar-refractivity contribution < 1.29 is 19.4 Å². The number of aromatic nitrogens is 1. The van der Waals surface area contributed by atoms with E-state index in [4.69, 9.17) is 4.74 Å². The quantitative estimate of drug-likeness (QED) is 0.571. The summed E-state index contributed by atoms with van der Waals surface area (Å²) < 4.78 is 5.93. The van der Waals surface area contributed by atoms with Crippen LogP contribution in [0.15, 0.2) is 30.3 Å². The van der Waals surface area contributed by atoms with Gasteiger partial charge in [-0.15, -0.1) is 0 Å². The van der Waals surface area contributed by atoms with E-state index in [1.54, 1.807) is 18.2 Å². The number of rotatable bonds is 5. The van der Waals surface area contributed by atoms with Crippen molar-refractivity contribution >= 4 is 17.9 Å². The second kappa shape index (κ2) is 8.66. The average molecular weight is 438 g/mol. The predicted octanol–water partition coefficient (Wildman–Crippen LogP) is 3.05. The summed E-state index contributed by atoms with van der Waals surface area (Å²) in [4.78, 5) is 31.0. The number of anilines is 1. The number of nitrogens with one attached hydrogen (secondary N) is 3. The smallest absolute Gasteiger partial charge is 0.331 e. The summed E-state index contributed by atoms with van der Waals surface area (Å²) in [7, 11) is 0. The van der Waals surface area contributed by atoms with E-state index >= 15 is 0 Å². The number of nitrogens with zero attached hydrogens (tertiary/aromatic N) is 2. The summed E-state index contributed by atoms with van der Waals surface area (Å²) >= 11 is 0. The van der Waals surface area contributed by atoms with Crippen molar-refractivity contribution in [2.45, 2.75) is 38.3 Å². The minimum atomic E-state index is -0.522. The number of carbonyl (C=O) groups is 2. The van der Waals surface area contributed by atoms with Crippen LogP contribution in [0.5, 0.6) is 11.5 Å². The number of amides is 4. The first kappa shape index (κ1) is 20.6. The largest absolute Gasteiger partial charge is 0.507 e. The van der Waals surface area contributed by atoms with E-state index in [9.17, 15) is 14.7 Å². The molecule has 3 heterocycles. The van der Waals surface area contributed by atoms with Gasteiger partial charge in [0, 0.05) is 18.2 Å². The number of aromatic hydroxyl groups is 1. The summed E-state index contributed by atoms with van der Waals surface area (Å²) in [6.45, 7) is 2.39. The third-order valence-electron chi connectivity index (χ3n) is 6.08. The number of hydrogen-bond acceptors (Lipinski definition) is 6. The molecular weight excluding hydrogens is 410 g/mol. The zero-order valence-corrected chi connectivity index (χ0v) is 17.8. The van der Waals surface area contributed by atoms with Crippen LogP contribution in [0, 0.1) is 5.92 Å². The minimum absolute atomic E-state index is 0.0149. The number of phenolic OH excluding ortho intramolecular Hbond substituents is 1. The van der Waals surface area contributed by atoms with Crippen LogP contribution in [-0.4, -0.2) is 52.8 Å². The summed E-state index contributed by atoms with van der Waals surface area (Å²) in [5.74, 6) is 1.58. The van der Waals surface area contributed by atoms with Gasteiger partial charge in [0.25, 0.3) is 0 Å². The molecular formula is C23H27N5O4. The fraction of sp³-hybridized carbons (Fsp3) is 0.435. The van der Waals surface area contributed by atoms with Crippen LogP contribution >= 0.6 is 0 Å². The monoisotopic (exact) mass is 437 g/mol. The standard InChI is InChI=1S/C23H27N5O4/c29-18-4-1-5-19(32-13-14-6-7-14)20(18)17-9-8-15-12-28(23(31)27-21(15)26-17)22(30)25-16-3-2-10-24-11-16/h1,4-5,8-9,14,16,24,29H,2-3,6-7,10-13H2,(H,25,30)(H,26,27,31). The van der Waals surface area contributed by atoms with Crippen LogP contribution in [0.2, 0.25) is 0 Å². The number of carbonyl (C=O) groups excluding carboxylic acids is 2. The maximum Gasteiger partial charge on any atom is 0.331 e. The number of urea groups is 2. The number of imide groups is 1. The highest BCUT2D eigenvalue weighted by Gasteiger charge is 2.31. The molecule has 2 aliphatic heterocycles. The van der Waals surface area contributed by atoms with Gasteiger partial charge in [0.2, 0.25) is 0 Å². The van der Waals surface area contributed by atoms with E-state index < -0.39 is 12.1 Å². The van der Waals surface area contributed by atoms with Gasteiger partial charge in [0.15, 0.2) is 0 Å². The molecule has 4 N–H and O–H groups in total. The van der Waals surface area contributed by atoms with Gasteiger partial charge in [0.05, 0.1) is 24.4 Å². The van der Waals surface area contributed by atoms with Crippen LogP contribution in [0.25, 0.3) is 11.3 Å². The van der Waals surface area contributed by atoms with Gasteiger partial charge in [0.1, 0.15) is 17.3 Å². The molecule has 168 valence electrons. The van der Waals surface area contributed by atoms with Crippen LogP contribution in [0.1, 0.15) is 31.2 Å². The molecule has 0 spiro atoms. The molecule has 0 radical (unpaired) electrons. The van der Waals surface area contributed by atoms with Crippen LogP contribution in [0.4, 0.5) is 15.4 Å². The summed E-state index contributed by atoms with van der Waals surface area (Å²) in [6, 6.07) is 7.80. The molecule has 1 aliphatic carbocycles. The molecule has 1 saturated carbocycles. The van der Waals surface area contributed by atoms with Crippen molar-refractivity contribution in [3.63, 3.8) is 0 Å². The van der Waals surface area contributed by atoms with Crippen LogP contribution in [-0.2, 0) is 6.54 Å². The van der Waals surface area contributed by atoms with Crippen LogP contribution in [0.3, 0.4) is 0 Å². The molecule has 2 aromatic rings. The Morgan fingerprint density at radius 3 is 2.91 bits per heavy atom. The molecule has 1 unspecified atom stereocenters. The van der Waals surface area contributed by atoms with Gasteiger partial charge < -0.3 is 20.5 Å². The van der Waals surface area contributed by atoms with E-state index in [0.29, 0.717) is 41.9 Å². The van der Waals surface area contributed by atoms with Gasteiger partial charge >= 0.3 is 12.1 Å². The molecule has 9 nitrogen and oxygen atoms in total. The van der Waals surface area contributed by atoms with Crippen molar-refractivity contribution in [1.82, 2.24) is 20.5 Å². The SMILES string of the molecule is O=C1Nc2nc(-c3c(O)cccc3OCC3CC3)ccc2CN1C(=O)NC1CCCNC1. The summed E-state index contributed by atoms with van der Waals surface area (Å²) in [5, 5.41) is 19.4. The van der Waals surface area contributed by atoms with Crippen molar-refractivity contribution in [3.8, 4) is 22.8 Å². The molecule has 32 heavy (non-hydrogen) atoms. The Bertz CT molecular complexity index is 1030. The number of hydrogen-bond donors (Lipinski definition) is 4. The van der Waals surface area contributed by atoms with E-state index in [1.165, 1.54) is 12.8 Å². The lowest BCUT2D eigenvalue weighted by Crippen LogP contribution is -2.53. The van der Waals surface area contributed by atoms with Gasteiger partial charge in [-0.2, -0.15) is 0 Å². The zero-order valence-electron chi connectivity index (χ0n) is 17.8. The van der Waals surface area contributed by atoms with Crippen molar-refractivity contribution in [2.24, 2.45) is 5.92 Å². The number of phenols is 1. The number of benzene rings is 1. The Balaban J connectivity index is 1.34. The molecule has 3 aliphatic rings. The second-order valence-electron chi connectivity index (χ2n) is 8.62. The first-order valence-electron chi connectivity index (χ1n) is 11.1. The topological polar surface area (TPSA) is 116 Å². The maximum absolute atomic E-state index is 12.7. The van der Waals surface area contributed by atoms with Crippen molar-refractivity contribution in [3.05, 3.63) is 35.9 Å². The van der Waals surface area contributed by atoms with Gasteiger partial charge in [-0.25, -0.2) is 19.5 Å². The molecule has 1 saturated heterocycles. The molecule has 9 heteroatoms. The lowest BCUT2D eigenvalue weighted by molar-refractivity contribution is 0.185. The summed E-state index contributed by atoms with van der Waals surface area (Å²) in [6.07, 6.45) is 4.21. The second-order valence-corrected chi connectivity index (χ2v) is 8.62. The van der Waals surface area contributed by atoms with E-state index in [1.807, 2.05) is 12.1 Å². The third-order valence-corrected chi connectivity index (χ3v) is 6.08. The predicted molar refractivity (Wildman–Crippen MR) is 119 cm³/mol. The molecule has 2 fully saturated rings. The highest BCUT2D eigenvalue weighted by atomic mass is 16.5. The first-order valence-corrected chi connectivity index (χ1v) is 11.1. The maximum atomic E-state index is 12.7. The Kier molecular flexibility index (Phi) is 5.57. The zero-order chi connectivity index (χ0) is 22.1. The summed E-state index contributed by atoms with van der Waals surface area (Å²) in [5.41, 5.74) is 1.72. The number of piperidine rings is 1. The number of ether oxygens (including phenoxy) is 1. The van der Waals surface area contributed by atoms with E-state index in [2.05, 4.69) is 20.9 Å². The number of pyridine rings is 1. The van der Waals surface area contributed by atoms with E-state index in [0.717, 1.165) is 29.8 Å². The molecule has 4 amide bonds. The first-order chi connectivity index (χ1) is 15.6. The normalized spacial score (nSPS) is 20.3. The molecule has 1 aromatic heterocycles. The lowest BCUT2D eigenvalue weighted by Gasteiger charge is -2.30. The highest BCUT2D eigenvalue weighted by Crippen LogP contribution is 2.39. The molecule has 0 bridgehead atoms. The van der Waals surface area contributed by atoms with Crippen molar-refractivity contribution in [1.29, 1.82) is 0 Å². The van der Waals surface area contributed by atoms with Crippen molar-refractivity contribution in [2.75, 3.05) is 25.0 Å². The fourth-order valence-electron chi connectivity index (χ4n) is 4.05. The van der Waals surface area contributed by atoms with Crippen LogP contribution < -0.4 is 20.7 Å². The van der Waals surface area contributed by atoms with Gasteiger partial charge in [-0.1, -0.05) is 12.1 Å². The molecule has 5 rings (SSSR count). The third kappa shape index (κ3) is 4.34. The molecule has 1 aromatic carbocycles. The van der Waals surface area contributed by atoms with E-state index in [-0.39, 0.29) is 18.3 Å². The highest BCUT2D eigenvalue weighted by molar-refractivity contribution is 6.02. The lowest BCUT2D eigenvalue weighted by atomic mass is 10.1. The van der Waals surface area contributed by atoms with Gasteiger partial charge in [-0.05, 0) is 56.3 Å². The Morgan fingerprint density at radius 2 is 2.12 bits per heavy atom. The Labute approximate surface area is 186 Å². The van der Waals surface area contributed by atoms with Gasteiger partial charge in [-0.3, -0.25) is 5.32 Å². The molecule has 1 atom stereocenters. The average Bonchev–Trinajstić information content (AvgIpc) is 3.62.